The molecule has 0 radical (unpaired) electrons. The minimum atomic E-state index is 0.0351. The van der Waals surface area contributed by atoms with Crippen molar-refractivity contribution in [2.45, 2.75) is 39.3 Å². The number of hydrogen-bond acceptors (Lipinski definition) is 4. The third-order valence-corrected chi connectivity index (χ3v) is 3.59. The number of aromatic nitrogens is 2. The molecule has 1 aliphatic rings. The van der Waals surface area contributed by atoms with Crippen LogP contribution in [0.3, 0.4) is 0 Å². The maximum atomic E-state index is 12.4. The van der Waals surface area contributed by atoms with Crippen LogP contribution in [-0.4, -0.2) is 35.7 Å². The van der Waals surface area contributed by atoms with Crippen LogP contribution in [0.2, 0.25) is 0 Å². The molecule has 1 aromatic heterocycles. The molecule has 1 saturated heterocycles. The van der Waals surface area contributed by atoms with E-state index in [0.29, 0.717) is 17.8 Å². The SMILES string of the molecule is CNC1CCCN(c2nccn(CC(C)C)c2=O)C1. The van der Waals surface area contributed by atoms with E-state index >= 15 is 0 Å². The summed E-state index contributed by atoms with van der Waals surface area (Å²) in [6.45, 7) is 6.77. The van der Waals surface area contributed by atoms with Gasteiger partial charge >= 0.3 is 0 Å². The van der Waals surface area contributed by atoms with Gasteiger partial charge in [0.15, 0.2) is 5.82 Å². The summed E-state index contributed by atoms with van der Waals surface area (Å²) < 4.78 is 1.77. The van der Waals surface area contributed by atoms with Gasteiger partial charge in [-0.25, -0.2) is 4.98 Å². The number of rotatable bonds is 4. The van der Waals surface area contributed by atoms with Crippen LogP contribution in [0.25, 0.3) is 0 Å². The van der Waals surface area contributed by atoms with Crippen molar-refractivity contribution in [1.29, 1.82) is 0 Å². The molecule has 0 saturated carbocycles. The van der Waals surface area contributed by atoms with Gasteiger partial charge in [-0.15, -0.1) is 0 Å². The molecular formula is C14H24N4O. The number of nitrogens with zero attached hydrogens (tertiary/aromatic N) is 3. The summed E-state index contributed by atoms with van der Waals surface area (Å²) in [5.41, 5.74) is 0.0351. The Morgan fingerprint density at radius 2 is 2.32 bits per heavy atom. The molecule has 1 aliphatic heterocycles. The molecule has 0 aromatic carbocycles. The lowest BCUT2D eigenvalue weighted by molar-refractivity contribution is 0.443. The molecule has 1 aromatic rings. The number of likely N-dealkylation sites (N-methyl/N-ethyl adjacent to an activating group) is 1. The molecule has 5 nitrogen and oxygen atoms in total. The summed E-state index contributed by atoms with van der Waals surface area (Å²) in [5, 5.41) is 3.29. The molecule has 0 aliphatic carbocycles. The largest absolute Gasteiger partial charge is 0.350 e. The molecule has 1 N–H and O–H groups in total. The lowest BCUT2D eigenvalue weighted by Gasteiger charge is -2.33. The van der Waals surface area contributed by atoms with E-state index in [1.807, 2.05) is 7.05 Å². The average molecular weight is 264 g/mol. The summed E-state index contributed by atoms with van der Waals surface area (Å²) in [5.74, 6) is 1.06. The molecule has 1 fully saturated rings. The fourth-order valence-corrected chi connectivity index (χ4v) is 2.59. The van der Waals surface area contributed by atoms with Gasteiger partial charge in [0, 0.05) is 38.1 Å². The van der Waals surface area contributed by atoms with E-state index in [9.17, 15) is 4.79 Å². The van der Waals surface area contributed by atoms with Crippen LogP contribution >= 0.6 is 0 Å². The van der Waals surface area contributed by atoms with E-state index in [-0.39, 0.29) is 5.56 Å². The molecule has 0 bridgehead atoms. The lowest BCUT2D eigenvalue weighted by atomic mass is 10.1. The maximum absolute atomic E-state index is 12.4. The van der Waals surface area contributed by atoms with Crippen molar-refractivity contribution in [2.24, 2.45) is 5.92 Å². The van der Waals surface area contributed by atoms with Crippen LogP contribution in [0, 0.1) is 5.92 Å². The molecule has 1 atom stereocenters. The first kappa shape index (κ1) is 14.1. The Morgan fingerprint density at radius 3 is 3.00 bits per heavy atom. The summed E-state index contributed by atoms with van der Waals surface area (Å²) in [6.07, 6.45) is 5.79. The van der Waals surface area contributed by atoms with Crippen LogP contribution < -0.4 is 15.8 Å². The Bertz CT molecular complexity index is 469. The molecule has 2 rings (SSSR count). The van der Waals surface area contributed by atoms with Crippen LogP contribution in [0.5, 0.6) is 0 Å². The second-order valence-corrected chi connectivity index (χ2v) is 5.68. The standard InChI is InChI=1S/C14H24N4O/c1-11(2)9-18-8-6-16-13(14(18)19)17-7-4-5-12(10-17)15-3/h6,8,11-12,15H,4-5,7,9-10H2,1-3H3. The smallest absolute Gasteiger partial charge is 0.293 e. The van der Waals surface area contributed by atoms with Crippen LogP contribution in [0.15, 0.2) is 17.2 Å². The third-order valence-electron chi connectivity index (χ3n) is 3.59. The van der Waals surface area contributed by atoms with Gasteiger partial charge in [-0.3, -0.25) is 4.79 Å². The molecule has 2 heterocycles. The van der Waals surface area contributed by atoms with Crippen molar-refractivity contribution in [3.63, 3.8) is 0 Å². The molecule has 19 heavy (non-hydrogen) atoms. The Labute approximate surface area is 114 Å². The Balaban J connectivity index is 2.22. The summed E-state index contributed by atoms with van der Waals surface area (Å²) in [6, 6.07) is 0.453. The van der Waals surface area contributed by atoms with Crippen LogP contribution in [-0.2, 0) is 6.54 Å². The van der Waals surface area contributed by atoms with Gasteiger partial charge in [-0.1, -0.05) is 13.8 Å². The second-order valence-electron chi connectivity index (χ2n) is 5.68. The Kier molecular flexibility index (Phi) is 4.58. The topological polar surface area (TPSA) is 50.2 Å². The predicted octanol–water partition coefficient (Wildman–Crippen LogP) is 1.09. The van der Waals surface area contributed by atoms with Crippen molar-refractivity contribution >= 4 is 5.82 Å². The van der Waals surface area contributed by atoms with Gasteiger partial charge in [0.25, 0.3) is 5.56 Å². The zero-order chi connectivity index (χ0) is 13.8. The molecular weight excluding hydrogens is 240 g/mol. The number of anilines is 1. The first-order valence-corrected chi connectivity index (χ1v) is 7.09. The zero-order valence-corrected chi connectivity index (χ0v) is 12.1. The first-order chi connectivity index (χ1) is 9.11. The van der Waals surface area contributed by atoms with Crippen molar-refractivity contribution < 1.29 is 0 Å². The molecule has 1 unspecified atom stereocenters. The van der Waals surface area contributed by atoms with Gasteiger partial charge in [-0.05, 0) is 25.8 Å². The average Bonchev–Trinajstić information content (AvgIpc) is 2.41. The van der Waals surface area contributed by atoms with Gasteiger partial charge in [0.2, 0.25) is 0 Å². The van der Waals surface area contributed by atoms with Crippen LogP contribution in [0.1, 0.15) is 26.7 Å². The first-order valence-electron chi connectivity index (χ1n) is 7.09. The predicted molar refractivity (Wildman–Crippen MR) is 77.6 cm³/mol. The monoisotopic (exact) mass is 264 g/mol. The summed E-state index contributed by atoms with van der Waals surface area (Å²) >= 11 is 0. The minimum absolute atomic E-state index is 0.0351. The summed E-state index contributed by atoms with van der Waals surface area (Å²) in [4.78, 5) is 18.9. The molecule has 106 valence electrons. The van der Waals surface area contributed by atoms with Crippen molar-refractivity contribution in [1.82, 2.24) is 14.9 Å². The lowest BCUT2D eigenvalue weighted by Crippen LogP contribution is -2.47. The molecule has 5 heteroatoms. The fraction of sp³-hybridized carbons (Fsp3) is 0.714. The van der Waals surface area contributed by atoms with Gasteiger partial charge in [0.1, 0.15) is 0 Å². The minimum Gasteiger partial charge on any atom is -0.350 e. The normalized spacial score (nSPS) is 20.0. The number of hydrogen-bond donors (Lipinski definition) is 1. The van der Waals surface area contributed by atoms with Gasteiger partial charge in [-0.2, -0.15) is 0 Å². The Morgan fingerprint density at radius 1 is 1.53 bits per heavy atom. The third kappa shape index (κ3) is 3.35. The van der Waals surface area contributed by atoms with E-state index in [4.69, 9.17) is 0 Å². The van der Waals surface area contributed by atoms with E-state index in [2.05, 4.69) is 29.0 Å². The highest BCUT2D eigenvalue weighted by atomic mass is 16.1. The molecule has 0 amide bonds. The van der Waals surface area contributed by atoms with Crippen LogP contribution in [0.4, 0.5) is 5.82 Å². The van der Waals surface area contributed by atoms with E-state index in [1.165, 1.54) is 6.42 Å². The number of piperidine rings is 1. The fourth-order valence-electron chi connectivity index (χ4n) is 2.59. The van der Waals surface area contributed by atoms with Crippen molar-refractivity contribution in [3.8, 4) is 0 Å². The quantitative estimate of drug-likeness (QED) is 0.884. The van der Waals surface area contributed by atoms with E-state index in [0.717, 1.165) is 26.1 Å². The highest BCUT2D eigenvalue weighted by Crippen LogP contribution is 2.14. The molecule has 0 spiro atoms. The Hall–Kier alpha value is -1.36. The highest BCUT2D eigenvalue weighted by Gasteiger charge is 2.22. The van der Waals surface area contributed by atoms with E-state index in [1.54, 1.807) is 17.0 Å². The van der Waals surface area contributed by atoms with Gasteiger partial charge in [0.05, 0.1) is 0 Å². The van der Waals surface area contributed by atoms with E-state index < -0.39 is 0 Å². The second kappa shape index (κ2) is 6.19. The van der Waals surface area contributed by atoms with Crippen molar-refractivity contribution in [2.75, 3.05) is 25.0 Å². The summed E-state index contributed by atoms with van der Waals surface area (Å²) in [7, 11) is 1.98. The highest BCUT2D eigenvalue weighted by molar-refractivity contribution is 5.36. The maximum Gasteiger partial charge on any atom is 0.293 e. The zero-order valence-electron chi connectivity index (χ0n) is 12.1. The van der Waals surface area contributed by atoms with Gasteiger partial charge < -0.3 is 14.8 Å². The van der Waals surface area contributed by atoms with Crippen molar-refractivity contribution in [3.05, 3.63) is 22.7 Å². The number of nitrogens with one attached hydrogen (secondary N) is 1.